The van der Waals surface area contributed by atoms with E-state index in [0.29, 0.717) is 18.0 Å². The van der Waals surface area contributed by atoms with Crippen molar-refractivity contribution in [2.45, 2.75) is 59.0 Å². The van der Waals surface area contributed by atoms with E-state index in [-0.39, 0.29) is 0 Å². The minimum Gasteiger partial charge on any atom is -0.298 e. The first kappa shape index (κ1) is 16.0. The molecule has 19 heavy (non-hydrogen) atoms. The molecule has 1 unspecified atom stereocenters. The maximum Gasteiger partial charge on any atom is 0.00558 e. The fourth-order valence-corrected chi connectivity index (χ4v) is 2.79. The number of benzene rings is 1. The van der Waals surface area contributed by atoms with Crippen molar-refractivity contribution < 1.29 is 0 Å². The molecule has 0 aliphatic rings. The molecule has 0 fully saturated rings. The predicted octanol–water partition coefficient (Wildman–Crippen LogP) is 4.94. The van der Waals surface area contributed by atoms with Gasteiger partial charge in [0.05, 0.1) is 0 Å². The first-order valence-corrected chi connectivity index (χ1v) is 7.48. The van der Waals surface area contributed by atoms with Crippen LogP contribution in [0.1, 0.15) is 58.1 Å². The third-order valence-corrected chi connectivity index (χ3v) is 3.91. The molecule has 0 N–H and O–H groups in total. The van der Waals surface area contributed by atoms with Crippen LogP contribution in [0.25, 0.3) is 6.08 Å². The molecule has 0 aromatic heterocycles. The van der Waals surface area contributed by atoms with Crippen LogP contribution in [0.2, 0.25) is 0 Å². The Morgan fingerprint density at radius 1 is 1.11 bits per heavy atom. The summed E-state index contributed by atoms with van der Waals surface area (Å²) in [4.78, 5) is 2.58. The monoisotopic (exact) mass is 259 g/mol. The Hall–Kier alpha value is -1.08. The lowest BCUT2D eigenvalue weighted by atomic mass is 9.91. The number of rotatable bonds is 7. The summed E-state index contributed by atoms with van der Waals surface area (Å²) in [5.41, 5.74) is 2.72. The lowest BCUT2D eigenvalue weighted by Gasteiger charge is -2.34. The van der Waals surface area contributed by atoms with Gasteiger partial charge in [-0.1, -0.05) is 43.8 Å². The van der Waals surface area contributed by atoms with Gasteiger partial charge in [0, 0.05) is 18.6 Å². The van der Waals surface area contributed by atoms with Gasteiger partial charge < -0.3 is 0 Å². The zero-order valence-corrected chi connectivity index (χ0v) is 13.2. The number of hydrogen-bond donors (Lipinski definition) is 0. The molecule has 1 atom stereocenters. The van der Waals surface area contributed by atoms with Crippen LogP contribution >= 0.6 is 0 Å². The van der Waals surface area contributed by atoms with Gasteiger partial charge in [0.1, 0.15) is 0 Å². The SMILES string of the molecule is C=Cc1ccccc1C(CC)CN(C(C)C)C(C)C. The van der Waals surface area contributed by atoms with Gasteiger partial charge in [0.2, 0.25) is 0 Å². The van der Waals surface area contributed by atoms with E-state index in [4.69, 9.17) is 0 Å². The molecule has 0 heterocycles. The van der Waals surface area contributed by atoms with Crippen molar-refractivity contribution in [3.05, 3.63) is 42.0 Å². The average Bonchev–Trinajstić information content (AvgIpc) is 2.39. The van der Waals surface area contributed by atoms with Crippen molar-refractivity contribution in [1.29, 1.82) is 0 Å². The lowest BCUT2D eigenvalue weighted by Crippen LogP contribution is -2.39. The fourth-order valence-electron chi connectivity index (χ4n) is 2.79. The maximum atomic E-state index is 3.94. The maximum absolute atomic E-state index is 3.94. The number of hydrogen-bond acceptors (Lipinski definition) is 1. The summed E-state index contributed by atoms with van der Waals surface area (Å²) in [7, 11) is 0. The Bertz CT molecular complexity index is 384. The molecule has 1 rings (SSSR count). The van der Waals surface area contributed by atoms with Gasteiger partial charge in [-0.15, -0.1) is 0 Å². The molecule has 0 aliphatic heterocycles. The Morgan fingerprint density at radius 2 is 1.68 bits per heavy atom. The highest BCUT2D eigenvalue weighted by molar-refractivity contribution is 5.53. The molecule has 0 amide bonds. The summed E-state index contributed by atoms with van der Waals surface area (Å²) >= 11 is 0. The molecule has 1 aromatic carbocycles. The summed E-state index contributed by atoms with van der Waals surface area (Å²) in [5, 5.41) is 0. The van der Waals surface area contributed by atoms with Crippen molar-refractivity contribution in [2.75, 3.05) is 6.54 Å². The van der Waals surface area contributed by atoms with Crippen LogP contribution in [0.15, 0.2) is 30.8 Å². The van der Waals surface area contributed by atoms with E-state index in [0.717, 1.165) is 6.54 Å². The highest BCUT2D eigenvalue weighted by Gasteiger charge is 2.20. The average molecular weight is 259 g/mol. The lowest BCUT2D eigenvalue weighted by molar-refractivity contribution is 0.162. The van der Waals surface area contributed by atoms with Crippen molar-refractivity contribution in [3.63, 3.8) is 0 Å². The largest absolute Gasteiger partial charge is 0.298 e. The molecule has 1 heteroatoms. The van der Waals surface area contributed by atoms with E-state index in [1.54, 1.807) is 0 Å². The predicted molar refractivity (Wildman–Crippen MR) is 86.5 cm³/mol. The zero-order valence-electron chi connectivity index (χ0n) is 13.2. The summed E-state index contributed by atoms with van der Waals surface area (Å²) < 4.78 is 0. The topological polar surface area (TPSA) is 3.24 Å². The molecule has 0 saturated heterocycles. The van der Waals surface area contributed by atoms with Gasteiger partial charge in [-0.25, -0.2) is 0 Å². The molecule has 0 aliphatic carbocycles. The molecule has 1 aromatic rings. The van der Waals surface area contributed by atoms with Crippen molar-refractivity contribution in [2.24, 2.45) is 0 Å². The zero-order chi connectivity index (χ0) is 14.4. The molecule has 0 bridgehead atoms. The molecular formula is C18H29N. The second-order valence-electron chi connectivity index (χ2n) is 5.82. The van der Waals surface area contributed by atoms with Crippen LogP contribution in [0.4, 0.5) is 0 Å². The summed E-state index contributed by atoms with van der Waals surface area (Å²) in [5.74, 6) is 0.582. The number of nitrogens with zero attached hydrogens (tertiary/aromatic N) is 1. The second-order valence-corrected chi connectivity index (χ2v) is 5.82. The molecule has 0 saturated carbocycles. The molecule has 0 radical (unpaired) electrons. The minimum absolute atomic E-state index is 0.582. The molecule has 1 nitrogen and oxygen atoms in total. The van der Waals surface area contributed by atoms with Gasteiger partial charge in [0.15, 0.2) is 0 Å². The van der Waals surface area contributed by atoms with E-state index in [1.165, 1.54) is 17.5 Å². The van der Waals surface area contributed by atoms with Crippen LogP contribution in [0.5, 0.6) is 0 Å². The Kier molecular flexibility index (Phi) is 6.30. The van der Waals surface area contributed by atoms with Crippen molar-refractivity contribution in [1.82, 2.24) is 4.90 Å². The van der Waals surface area contributed by atoms with E-state index >= 15 is 0 Å². The Labute approximate surface area is 119 Å². The van der Waals surface area contributed by atoms with E-state index < -0.39 is 0 Å². The quantitative estimate of drug-likeness (QED) is 0.670. The Balaban J connectivity index is 2.97. The second kappa shape index (κ2) is 7.49. The standard InChI is InChI=1S/C18H29N/c1-7-16-11-9-10-12-18(16)17(8-2)13-19(14(3)4)15(5)6/h7,9-12,14-15,17H,1,8,13H2,2-6H3. The van der Waals surface area contributed by atoms with Crippen LogP contribution in [-0.4, -0.2) is 23.5 Å². The van der Waals surface area contributed by atoms with Gasteiger partial charge in [-0.2, -0.15) is 0 Å². The Morgan fingerprint density at radius 3 is 2.16 bits per heavy atom. The smallest absolute Gasteiger partial charge is 0.00558 e. The van der Waals surface area contributed by atoms with Gasteiger partial charge in [-0.05, 0) is 51.2 Å². The highest BCUT2D eigenvalue weighted by Crippen LogP contribution is 2.26. The van der Waals surface area contributed by atoms with Crippen LogP contribution < -0.4 is 0 Å². The minimum atomic E-state index is 0.582. The van der Waals surface area contributed by atoms with E-state index in [1.807, 2.05) is 6.08 Å². The fraction of sp³-hybridized carbons (Fsp3) is 0.556. The highest BCUT2D eigenvalue weighted by atomic mass is 15.2. The van der Waals surface area contributed by atoms with Crippen LogP contribution in [0.3, 0.4) is 0 Å². The van der Waals surface area contributed by atoms with Gasteiger partial charge in [0.25, 0.3) is 0 Å². The first-order valence-electron chi connectivity index (χ1n) is 7.48. The van der Waals surface area contributed by atoms with Crippen LogP contribution in [0, 0.1) is 0 Å². The van der Waals surface area contributed by atoms with E-state index in [2.05, 4.69) is 70.4 Å². The summed E-state index contributed by atoms with van der Waals surface area (Å²) in [6.07, 6.45) is 3.15. The van der Waals surface area contributed by atoms with E-state index in [9.17, 15) is 0 Å². The molecular weight excluding hydrogens is 230 g/mol. The summed E-state index contributed by atoms with van der Waals surface area (Å²) in [6.45, 7) is 16.5. The third-order valence-electron chi connectivity index (χ3n) is 3.91. The molecule has 106 valence electrons. The first-order chi connectivity index (χ1) is 9.01. The van der Waals surface area contributed by atoms with Crippen molar-refractivity contribution in [3.8, 4) is 0 Å². The molecule has 0 spiro atoms. The third kappa shape index (κ3) is 4.21. The van der Waals surface area contributed by atoms with Crippen LogP contribution in [-0.2, 0) is 0 Å². The normalized spacial score (nSPS) is 13.3. The van der Waals surface area contributed by atoms with Gasteiger partial charge >= 0.3 is 0 Å². The van der Waals surface area contributed by atoms with Gasteiger partial charge in [-0.3, -0.25) is 4.90 Å². The summed E-state index contributed by atoms with van der Waals surface area (Å²) in [6, 6.07) is 9.83. The van der Waals surface area contributed by atoms with Crippen molar-refractivity contribution >= 4 is 6.08 Å².